The molecule has 1 aromatic heterocycles. The number of hydrogen-bond acceptors (Lipinski definition) is 2. The zero-order chi connectivity index (χ0) is 9.97. The van der Waals surface area contributed by atoms with Gasteiger partial charge in [-0.15, -0.1) is 12.4 Å². The van der Waals surface area contributed by atoms with E-state index in [-0.39, 0.29) is 12.4 Å². The zero-order valence-corrected chi connectivity index (χ0v) is 10.2. The lowest BCUT2D eigenvalue weighted by molar-refractivity contribution is 0.617. The minimum atomic E-state index is 0. The highest BCUT2D eigenvalue weighted by Crippen LogP contribution is 2.19. The van der Waals surface area contributed by atoms with E-state index in [1.807, 2.05) is 0 Å². The molecule has 2 nitrogen and oxygen atoms in total. The zero-order valence-electron chi connectivity index (χ0n) is 9.42. The van der Waals surface area contributed by atoms with Gasteiger partial charge in [0.25, 0.3) is 0 Å². The molecule has 0 spiro atoms. The molecule has 0 bridgehead atoms. The van der Waals surface area contributed by atoms with Gasteiger partial charge in [-0.25, -0.2) is 0 Å². The van der Waals surface area contributed by atoms with E-state index in [1.54, 1.807) is 0 Å². The smallest absolute Gasteiger partial charge is 0.0464 e. The third-order valence-electron chi connectivity index (χ3n) is 3.06. The summed E-state index contributed by atoms with van der Waals surface area (Å²) >= 11 is 0. The van der Waals surface area contributed by atoms with E-state index in [0.717, 1.165) is 19.5 Å². The predicted octanol–water partition coefficient (Wildman–Crippen LogP) is 2.66. The van der Waals surface area contributed by atoms with Crippen LogP contribution in [0.25, 0.3) is 0 Å². The van der Waals surface area contributed by atoms with Crippen LogP contribution in [0, 0.1) is 0 Å². The maximum atomic E-state index is 4.74. The SMILES string of the molecule is CCC(C)c1ccc2c(n1)CCNC2.Cl. The summed E-state index contributed by atoms with van der Waals surface area (Å²) in [7, 11) is 0. The van der Waals surface area contributed by atoms with E-state index in [4.69, 9.17) is 4.98 Å². The van der Waals surface area contributed by atoms with Gasteiger partial charge in [0.1, 0.15) is 0 Å². The van der Waals surface area contributed by atoms with Crippen LogP contribution in [0.4, 0.5) is 0 Å². The summed E-state index contributed by atoms with van der Waals surface area (Å²) in [6.07, 6.45) is 2.25. The fourth-order valence-corrected chi connectivity index (χ4v) is 1.84. The molecule has 1 atom stereocenters. The topological polar surface area (TPSA) is 24.9 Å². The van der Waals surface area contributed by atoms with Gasteiger partial charge in [0.2, 0.25) is 0 Å². The van der Waals surface area contributed by atoms with Gasteiger partial charge in [0.05, 0.1) is 0 Å². The molecule has 1 unspecified atom stereocenters. The number of fused-ring (bicyclic) bond motifs is 1. The molecule has 0 aromatic carbocycles. The maximum absolute atomic E-state index is 4.74. The quantitative estimate of drug-likeness (QED) is 0.839. The number of nitrogens with one attached hydrogen (secondary N) is 1. The van der Waals surface area contributed by atoms with Crippen LogP contribution < -0.4 is 5.32 Å². The molecule has 1 aliphatic heterocycles. The Morgan fingerprint density at radius 1 is 1.47 bits per heavy atom. The van der Waals surface area contributed by atoms with Crippen LogP contribution in [0.1, 0.15) is 43.1 Å². The number of nitrogens with zero attached hydrogens (tertiary/aromatic N) is 1. The van der Waals surface area contributed by atoms with Gasteiger partial charge in [-0.1, -0.05) is 19.9 Å². The number of halogens is 1. The van der Waals surface area contributed by atoms with Crippen molar-refractivity contribution in [2.45, 2.75) is 39.2 Å². The van der Waals surface area contributed by atoms with Crippen molar-refractivity contribution >= 4 is 12.4 Å². The average Bonchev–Trinajstić information content (AvgIpc) is 2.27. The highest BCUT2D eigenvalue weighted by atomic mass is 35.5. The lowest BCUT2D eigenvalue weighted by Crippen LogP contribution is -2.24. The Kier molecular flexibility index (Phi) is 4.55. The number of rotatable bonds is 2. The molecule has 0 saturated carbocycles. The van der Waals surface area contributed by atoms with E-state index in [0.29, 0.717) is 5.92 Å². The third kappa shape index (κ3) is 2.70. The van der Waals surface area contributed by atoms with E-state index >= 15 is 0 Å². The molecule has 15 heavy (non-hydrogen) atoms. The van der Waals surface area contributed by atoms with Crippen LogP contribution in [0.5, 0.6) is 0 Å². The molecule has 3 heteroatoms. The summed E-state index contributed by atoms with van der Waals surface area (Å²) in [5.74, 6) is 0.593. The fraction of sp³-hybridized carbons (Fsp3) is 0.583. The lowest BCUT2D eigenvalue weighted by atomic mass is 10.0. The summed E-state index contributed by atoms with van der Waals surface area (Å²) in [6.45, 7) is 6.52. The van der Waals surface area contributed by atoms with Gasteiger partial charge in [-0.2, -0.15) is 0 Å². The van der Waals surface area contributed by atoms with Gasteiger partial charge in [-0.05, 0) is 24.0 Å². The largest absolute Gasteiger partial charge is 0.312 e. The molecular weight excluding hydrogens is 208 g/mol. The Hall–Kier alpha value is -0.600. The molecule has 0 amide bonds. The Morgan fingerprint density at radius 3 is 3.00 bits per heavy atom. The van der Waals surface area contributed by atoms with Crippen LogP contribution in [0.2, 0.25) is 0 Å². The molecule has 0 saturated heterocycles. The second kappa shape index (κ2) is 5.47. The summed E-state index contributed by atoms with van der Waals surface area (Å²) in [4.78, 5) is 4.74. The average molecular weight is 227 g/mol. The van der Waals surface area contributed by atoms with Crippen molar-refractivity contribution in [2.75, 3.05) is 6.54 Å². The molecule has 0 aliphatic carbocycles. The first kappa shape index (κ1) is 12.5. The molecule has 1 aromatic rings. The minimum Gasteiger partial charge on any atom is -0.312 e. The van der Waals surface area contributed by atoms with Crippen molar-refractivity contribution in [1.29, 1.82) is 0 Å². The van der Waals surface area contributed by atoms with Gasteiger partial charge < -0.3 is 5.32 Å². The Labute approximate surface area is 97.9 Å². The molecule has 2 heterocycles. The van der Waals surface area contributed by atoms with Crippen LogP contribution in [-0.2, 0) is 13.0 Å². The fourth-order valence-electron chi connectivity index (χ4n) is 1.84. The van der Waals surface area contributed by atoms with Gasteiger partial charge in [0.15, 0.2) is 0 Å². The van der Waals surface area contributed by atoms with Crippen molar-refractivity contribution in [1.82, 2.24) is 10.3 Å². The highest BCUT2D eigenvalue weighted by molar-refractivity contribution is 5.85. The molecule has 0 radical (unpaired) electrons. The second-order valence-corrected chi connectivity index (χ2v) is 4.08. The van der Waals surface area contributed by atoms with E-state index in [1.165, 1.54) is 23.4 Å². The summed E-state index contributed by atoms with van der Waals surface area (Å²) in [5.41, 5.74) is 3.94. The molecular formula is C12H19ClN2. The number of pyridine rings is 1. The Bertz CT molecular complexity index is 325. The standard InChI is InChI=1S/C12H18N2.ClH/c1-3-9(2)11-5-4-10-8-13-7-6-12(10)14-11;/h4-5,9,13H,3,6-8H2,1-2H3;1H. The van der Waals surface area contributed by atoms with E-state index in [2.05, 4.69) is 31.3 Å². The van der Waals surface area contributed by atoms with Gasteiger partial charge in [0, 0.05) is 30.9 Å². The molecule has 0 fully saturated rings. The monoisotopic (exact) mass is 226 g/mol. The first-order chi connectivity index (χ1) is 6.81. The van der Waals surface area contributed by atoms with Gasteiger partial charge in [-0.3, -0.25) is 4.98 Å². The molecule has 84 valence electrons. The minimum absolute atomic E-state index is 0. The molecule has 1 aliphatic rings. The highest BCUT2D eigenvalue weighted by Gasteiger charge is 2.12. The number of hydrogen-bond donors (Lipinski definition) is 1. The van der Waals surface area contributed by atoms with Crippen LogP contribution in [0.3, 0.4) is 0 Å². The molecule has 2 rings (SSSR count). The second-order valence-electron chi connectivity index (χ2n) is 4.08. The van der Waals surface area contributed by atoms with Gasteiger partial charge >= 0.3 is 0 Å². The van der Waals surface area contributed by atoms with E-state index < -0.39 is 0 Å². The normalized spacial score (nSPS) is 16.4. The van der Waals surface area contributed by atoms with Crippen molar-refractivity contribution in [2.24, 2.45) is 0 Å². The first-order valence-electron chi connectivity index (χ1n) is 5.50. The Balaban J connectivity index is 0.00000112. The summed E-state index contributed by atoms with van der Waals surface area (Å²) < 4.78 is 0. The molecule has 1 N–H and O–H groups in total. The van der Waals surface area contributed by atoms with Crippen molar-refractivity contribution < 1.29 is 0 Å². The number of aromatic nitrogens is 1. The van der Waals surface area contributed by atoms with Crippen LogP contribution >= 0.6 is 12.4 Å². The van der Waals surface area contributed by atoms with Crippen LogP contribution in [-0.4, -0.2) is 11.5 Å². The summed E-state index contributed by atoms with van der Waals surface area (Å²) in [6, 6.07) is 4.41. The van der Waals surface area contributed by atoms with Crippen molar-refractivity contribution in [3.8, 4) is 0 Å². The lowest BCUT2D eigenvalue weighted by Gasteiger charge is -2.18. The van der Waals surface area contributed by atoms with Crippen molar-refractivity contribution in [3.05, 3.63) is 29.1 Å². The van der Waals surface area contributed by atoms with E-state index in [9.17, 15) is 0 Å². The first-order valence-corrected chi connectivity index (χ1v) is 5.50. The third-order valence-corrected chi connectivity index (χ3v) is 3.06. The van der Waals surface area contributed by atoms with Crippen LogP contribution in [0.15, 0.2) is 12.1 Å². The predicted molar refractivity (Wildman–Crippen MR) is 65.6 cm³/mol. The summed E-state index contributed by atoms with van der Waals surface area (Å²) in [5, 5.41) is 3.36. The van der Waals surface area contributed by atoms with Crippen molar-refractivity contribution in [3.63, 3.8) is 0 Å². The maximum Gasteiger partial charge on any atom is 0.0464 e. The Morgan fingerprint density at radius 2 is 2.27 bits per heavy atom.